The number of unbranched alkanes of at least 4 members (excludes halogenated alkanes) is 24. The van der Waals surface area contributed by atoms with Crippen LogP contribution in [0.1, 0.15) is 252 Å². The minimum atomic E-state index is -0.790. The molecule has 6 nitrogen and oxygen atoms in total. The summed E-state index contributed by atoms with van der Waals surface area (Å²) in [7, 11) is 0. The highest BCUT2D eigenvalue weighted by molar-refractivity contribution is 5.71. The molecule has 0 saturated carbocycles. The van der Waals surface area contributed by atoms with Crippen molar-refractivity contribution in [1.29, 1.82) is 0 Å². The largest absolute Gasteiger partial charge is 0.462 e. The summed E-state index contributed by atoms with van der Waals surface area (Å²) >= 11 is 0. The number of hydrogen-bond acceptors (Lipinski definition) is 6. The molecule has 0 N–H and O–H groups in total. The summed E-state index contributed by atoms with van der Waals surface area (Å²) in [6.07, 6.45) is 64.5. The Labute approximate surface area is 389 Å². The average Bonchev–Trinajstić information content (AvgIpc) is 3.28. The molecule has 0 aliphatic rings. The van der Waals surface area contributed by atoms with Crippen molar-refractivity contribution in [3.05, 3.63) is 72.9 Å². The summed E-state index contributed by atoms with van der Waals surface area (Å²) in [6, 6.07) is 0. The summed E-state index contributed by atoms with van der Waals surface area (Å²) in [4.78, 5) is 38.0. The molecule has 0 aromatic carbocycles. The van der Waals surface area contributed by atoms with E-state index in [9.17, 15) is 14.4 Å². The Morgan fingerprint density at radius 1 is 0.333 bits per heavy atom. The maximum atomic E-state index is 12.8. The molecule has 1 unspecified atom stereocenters. The van der Waals surface area contributed by atoms with Crippen molar-refractivity contribution in [2.45, 2.75) is 258 Å². The van der Waals surface area contributed by atoms with E-state index in [4.69, 9.17) is 14.2 Å². The highest BCUT2D eigenvalue weighted by Gasteiger charge is 2.19. The third-order valence-electron chi connectivity index (χ3n) is 11.2. The van der Waals surface area contributed by atoms with Crippen LogP contribution in [0.4, 0.5) is 0 Å². The molecule has 362 valence electrons. The lowest BCUT2D eigenvalue weighted by Gasteiger charge is -2.18. The van der Waals surface area contributed by atoms with E-state index in [-0.39, 0.29) is 31.1 Å². The molecule has 0 amide bonds. The lowest BCUT2D eigenvalue weighted by atomic mass is 10.1. The van der Waals surface area contributed by atoms with Crippen molar-refractivity contribution in [1.82, 2.24) is 0 Å². The maximum Gasteiger partial charge on any atom is 0.306 e. The second-order valence-corrected chi connectivity index (χ2v) is 17.4. The highest BCUT2D eigenvalue weighted by atomic mass is 16.6. The van der Waals surface area contributed by atoms with Crippen molar-refractivity contribution in [2.24, 2.45) is 0 Å². The fraction of sp³-hybridized carbons (Fsp3) is 0.737. The van der Waals surface area contributed by atoms with Gasteiger partial charge in [-0.1, -0.05) is 196 Å². The Morgan fingerprint density at radius 3 is 1.02 bits per heavy atom. The Bertz CT molecular complexity index is 1190. The van der Waals surface area contributed by atoms with Crippen molar-refractivity contribution in [2.75, 3.05) is 13.2 Å². The first kappa shape index (κ1) is 59.9. The molecule has 0 saturated heterocycles. The van der Waals surface area contributed by atoms with Gasteiger partial charge in [0.15, 0.2) is 6.10 Å². The molecule has 0 aliphatic heterocycles. The summed E-state index contributed by atoms with van der Waals surface area (Å²) in [5.74, 6) is -0.921. The minimum absolute atomic E-state index is 0.0894. The van der Waals surface area contributed by atoms with Crippen molar-refractivity contribution < 1.29 is 28.6 Å². The van der Waals surface area contributed by atoms with Gasteiger partial charge in [0, 0.05) is 19.3 Å². The van der Waals surface area contributed by atoms with Crippen LogP contribution in [0.2, 0.25) is 0 Å². The second-order valence-electron chi connectivity index (χ2n) is 17.4. The molecule has 1 atom stereocenters. The van der Waals surface area contributed by atoms with Gasteiger partial charge in [-0.15, -0.1) is 0 Å². The van der Waals surface area contributed by atoms with Gasteiger partial charge in [-0.05, 0) is 109 Å². The predicted octanol–water partition coefficient (Wildman–Crippen LogP) is 17.4. The van der Waals surface area contributed by atoms with Crippen LogP contribution in [-0.2, 0) is 28.6 Å². The first-order chi connectivity index (χ1) is 31.0. The Hall–Kier alpha value is -3.15. The molecule has 0 aliphatic carbocycles. The second kappa shape index (κ2) is 51.5. The zero-order valence-corrected chi connectivity index (χ0v) is 41.3. The van der Waals surface area contributed by atoms with E-state index < -0.39 is 6.10 Å². The van der Waals surface area contributed by atoms with Crippen LogP contribution >= 0.6 is 0 Å². The van der Waals surface area contributed by atoms with E-state index in [0.29, 0.717) is 19.3 Å². The zero-order chi connectivity index (χ0) is 45.8. The summed E-state index contributed by atoms with van der Waals surface area (Å²) < 4.78 is 16.8. The zero-order valence-electron chi connectivity index (χ0n) is 41.3. The molecule has 0 radical (unpaired) electrons. The number of carbonyl (C=O) groups excluding carboxylic acids is 3. The van der Waals surface area contributed by atoms with Crippen LogP contribution in [0.15, 0.2) is 72.9 Å². The fourth-order valence-corrected chi connectivity index (χ4v) is 7.19. The van der Waals surface area contributed by atoms with Gasteiger partial charge in [-0.25, -0.2) is 0 Å². The van der Waals surface area contributed by atoms with Crippen LogP contribution in [0, 0.1) is 0 Å². The fourth-order valence-electron chi connectivity index (χ4n) is 7.19. The monoisotopic (exact) mass is 879 g/mol. The van der Waals surface area contributed by atoms with E-state index in [1.165, 1.54) is 96.3 Å². The molecule has 0 aromatic rings. The molecule has 0 heterocycles. The quantitative estimate of drug-likeness (QED) is 0.0262. The summed E-state index contributed by atoms with van der Waals surface area (Å²) in [6.45, 7) is 6.46. The molecule has 0 fully saturated rings. The first-order valence-corrected chi connectivity index (χ1v) is 26.4. The van der Waals surface area contributed by atoms with Gasteiger partial charge in [0.1, 0.15) is 13.2 Å². The topological polar surface area (TPSA) is 78.9 Å². The van der Waals surface area contributed by atoms with E-state index >= 15 is 0 Å². The van der Waals surface area contributed by atoms with Crippen LogP contribution in [0.5, 0.6) is 0 Å². The third kappa shape index (κ3) is 49.7. The van der Waals surface area contributed by atoms with E-state index in [0.717, 1.165) is 116 Å². The molecule has 0 bridgehead atoms. The minimum Gasteiger partial charge on any atom is -0.462 e. The van der Waals surface area contributed by atoms with Gasteiger partial charge >= 0.3 is 17.9 Å². The smallest absolute Gasteiger partial charge is 0.306 e. The molecule has 0 aromatic heterocycles. The molecule has 63 heavy (non-hydrogen) atoms. The normalized spacial score (nSPS) is 12.6. The number of carbonyl (C=O) groups is 3. The highest BCUT2D eigenvalue weighted by Crippen LogP contribution is 2.14. The lowest BCUT2D eigenvalue weighted by Crippen LogP contribution is -2.30. The number of allylic oxidation sites excluding steroid dienone is 12. The number of ether oxygens (including phenoxy) is 3. The molecule has 6 heteroatoms. The molecule has 0 spiro atoms. The molecular weight excluding hydrogens is 781 g/mol. The van der Waals surface area contributed by atoms with Crippen molar-refractivity contribution >= 4 is 17.9 Å². The number of esters is 3. The van der Waals surface area contributed by atoms with Gasteiger partial charge in [-0.3, -0.25) is 14.4 Å². The van der Waals surface area contributed by atoms with Gasteiger partial charge in [-0.2, -0.15) is 0 Å². The molecular formula is C57H98O6. The van der Waals surface area contributed by atoms with Gasteiger partial charge in [0.2, 0.25) is 0 Å². The van der Waals surface area contributed by atoms with Crippen molar-refractivity contribution in [3.63, 3.8) is 0 Å². The Morgan fingerprint density at radius 2 is 0.619 bits per heavy atom. The van der Waals surface area contributed by atoms with E-state index in [1.807, 2.05) is 0 Å². The SMILES string of the molecule is CC/C=C\C/C=C\C/C=C\CCCCCCCC(=O)OC(COC(=O)CCCCCCC/C=C\CCCCC)COC(=O)CCCCCCCCC/C=C\C/C=C\CCCCCC. The molecule has 0 rings (SSSR count). The maximum absolute atomic E-state index is 12.8. The third-order valence-corrected chi connectivity index (χ3v) is 11.2. The first-order valence-electron chi connectivity index (χ1n) is 26.4. The van der Waals surface area contributed by atoms with E-state index in [1.54, 1.807) is 0 Å². The van der Waals surface area contributed by atoms with Crippen LogP contribution < -0.4 is 0 Å². The standard InChI is InChI=1S/C57H98O6/c1-4-7-10-13-16-19-22-25-27-28-29-31-32-35-38-41-44-47-50-56(59)62-53-54(52-61-55(58)49-46-43-40-37-34-24-21-18-15-12-9-6-3)63-57(60)51-48-45-42-39-36-33-30-26-23-20-17-14-11-8-5-2/h8,11,17-22,26-28,30,54H,4-7,9-10,12-16,23-25,29,31-53H2,1-3H3/b11-8-,20-17-,21-18-,22-19-,28-27-,30-26-. The average molecular weight is 879 g/mol. The van der Waals surface area contributed by atoms with Gasteiger partial charge in [0.05, 0.1) is 0 Å². The Balaban J connectivity index is 4.41. The van der Waals surface area contributed by atoms with E-state index in [2.05, 4.69) is 93.7 Å². The van der Waals surface area contributed by atoms with Crippen LogP contribution in [-0.4, -0.2) is 37.2 Å². The Kier molecular flexibility index (Phi) is 48.9. The summed E-state index contributed by atoms with van der Waals surface area (Å²) in [5.41, 5.74) is 0. The number of rotatable bonds is 47. The summed E-state index contributed by atoms with van der Waals surface area (Å²) in [5, 5.41) is 0. The predicted molar refractivity (Wildman–Crippen MR) is 270 cm³/mol. The van der Waals surface area contributed by atoms with Gasteiger partial charge in [0.25, 0.3) is 0 Å². The van der Waals surface area contributed by atoms with Crippen LogP contribution in [0.3, 0.4) is 0 Å². The van der Waals surface area contributed by atoms with Crippen LogP contribution in [0.25, 0.3) is 0 Å². The number of hydrogen-bond donors (Lipinski definition) is 0. The lowest BCUT2D eigenvalue weighted by molar-refractivity contribution is -0.167. The van der Waals surface area contributed by atoms with Gasteiger partial charge < -0.3 is 14.2 Å². The van der Waals surface area contributed by atoms with Crippen molar-refractivity contribution in [3.8, 4) is 0 Å².